The molecular weight excluding hydrogens is 340 g/mol. The van der Waals surface area contributed by atoms with E-state index in [4.69, 9.17) is 0 Å². The Kier molecular flexibility index (Phi) is 5.81. The van der Waals surface area contributed by atoms with Crippen LogP contribution in [-0.2, 0) is 5.41 Å². The highest BCUT2D eigenvalue weighted by atomic mass is 28.2. The average molecular weight is 375 g/mol. The van der Waals surface area contributed by atoms with Crippen molar-refractivity contribution in [2.75, 3.05) is 0 Å². The van der Waals surface area contributed by atoms with Crippen molar-refractivity contribution in [3.8, 4) is 11.1 Å². The van der Waals surface area contributed by atoms with Crippen molar-refractivity contribution in [2.45, 2.75) is 71.4 Å². The van der Waals surface area contributed by atoms with Gasteiger partial charge in [-0.05, 0) is 44.7 Å². The van der Waals surface area contributed by atoms with Crippen LogP contribution >= 0.6 is 0 Å². The van der Waals surface area contributed by atoms with Gasteiger partial charge in [-0.2, -0.15) is 0 Å². The van der Waals surface area contributed by atoms with Crippen LogP contribution in [0.1, 0.15) is 77.1 Å². The molecule has 0 heterocycles. The van der Waals surface area contributed by atoms with Crippen LogP contribution < -0.4 is 0 Å². The van der Waals surface area contributed by atoms with Crippen LogP contribution in [0.2, 0.25) is 5.54 Å². The highest BCUT2D eigenvalue weighted by Gasteiger charge is 2.30. The summed E-state index contributed by atoms with van der Waals surface area (Å²) in [6.07, 6.45) is 3.77. The van der Waals surface area contributed by atoms with Crippen molar-refractivity contribution in [1.29, 1.82) is 0 Å². The molecule has 1 aliphatic carbocycles. The van der Waals surface area contributed by atoms with E-state index in [1.807, 2.05) is 0 Å². The van der Waals surface area contributed by atoms with Crippen LogP contribution in [-0.4, -0.2) is 9.52 Å². The standard InChI is InChI=1S/C26H34Si/c1-8-18(4)27-25-22-11-9-10-21(24(22)16-23(25)17(2)3)19-12-14-20(15-13-19)26(5,6)7/h9-18,25H,8H2,1-7H3. The summed E-state index contributed by atoms with van der Waals surface area (Å²) in [7, 11) is 0.976. The minimum Gasteiger partial charge on any atom is -0.0654 e. The molecule has 27 heavy (non-hydrogen) atoms. The fourth-order valence-electron chi connectivity index (χ4n) is 3.92. The lowest BCUT2D eigenvalue weighted by Crippen LogP contribution is -2.15. The fourth-order valence-corrected chi connectivity index (χ4v) is 5.76. The molecule has 2 unspecified atom stereocenters. The van der Waals surface area contributed by atoms with E-state index in [2.05, 4.69) is 97.0 Å². The summed E-state index contributed by atoms with van der Waals surface area (Å²) < 4.78 is 0. The second-order valence-corrected chi connectivity index (χ2v) is 11.2. The molecule has 0 bridgehead atoms. The third kappa shape index (κ3) is 4.14. The van der Waals surface area contributed by atoms with Crippen LogP contribution in [0.15, 0.2) is 48.0 Å². The van der Waals surface area contributed by atoms with Crippen molar-refractivity contribution in [3.63, 3.8) is 0 Å². The predicted octanol–water partition coefficient (Wildman–Crippen LogP) is 7.67. The first-order valence-corrected chi connectivity index (χ1v) is 11.6. The monoisotopic (exact) mass is 374 g/mol. The van der Waals surface area contributed by atoms with Gasteiger partial charge in [-0.1, -0.05) is 115 Å². The maximum Gasteiger partial charge on any atom is 0.0562 e. The number of allylic oxidation sites excluding steroid dienone is 1. The third-order valence-electron chi connectivity index (χ3n) is 5.89. The van der Waals surface area contributed by atoms with E-state index in [0.717, 1.165) is 15.1 Å². The van der Waals surface area contributed by atoms with Crippen LogP contribution in [0.5, 0.6) is 0 Å². The van der Waals surface area contributed by atoms with Crippen molar-refractivity contribution >= 4 is 15.6 Å². The molecule has 0 saturated carbocycles. The Bertz CT molecular complexity index is 818. The second kappa shape index (κ2) is 7.79. The Morgan fingerprint density at radius 2 is 1.63 bits per heavy atom. The summed E-state index contributed by atoms with van der Waals surface area (Å²) in [6.45, 7) is 16.3. The Balaban J connectivity index is 2.04. The summed E-state index contributed by atoms with van der Waals surface area (Å²) in [5.41, 5.74) is 10.4. The molecule has 0 saturated heterocycles. The molecule has 2 aromatic rings. The number of hydrogen-bond acceptors (Lipinski definition) is 0. The van der Waals surface area contributed by atoms with E-state index < -0.39 is 0 Å². The average Bonchev–Trinajstić information content (AvgIpc) is 3.00. The summed E-state index contributed by atoms with van der Waals surface area (Å²) in [5, 5.41) is 0. The maximum atomic E-state index is 2.51. The van der Waals surface area contributed by atoms with Gasteiger partial charge >= 0.3 is 0 Å². The zero-order valence-corrected chi connectivity index (χ0v) is 19.1. The lowest BCUT2D eigenvalue weighted by molar-refractivity contribution is 0.590. The first-order chi connectivity index (χ1) is 12.7. The van der Waals surface area contributed by atoms with E-state index in [1.54, 1.807) is 11.1 Å². The molecule has 2 atom stereocenters. The lowest BCUT2D eigenvalue weighted by atomic mass is 9.86. The van der Waals surface area contributed by atoms with E-state index in [1.165, 1.54) is 28.7 Å². The predicted molar refractivity (Wildman–Crippen MR) is 122 cm³/mol. The molecule has 0 nitrogen and oxygen atoms in total. The topological polar surface area (TPSA) is 0 Å². The van der Waals surface area contributed by atoms with Gasteiger partial charge in [-0.3, -0.25) is 0 Å². The van der Waals surface area contributed by atoms with Crippen LogP contribution in [0.3, 0.4) is 0 Å². The number of hydrogen-bond donors (Lipinski definition) is 0. The zero-order valence-electron chi connectivity index (χ0n) is 18.1. The molecule has 2 aromatic carbocycles. The van der Waals surface area contributed by atoms with Gasteiger partial charge in [0.25, 0.3) is 0 Å². The van der Waals surface area contributed by atoms with Crippen molar-refractivity contribution in [2.24, 2.45) is 5.92 Å². The molecule has 1 heteroatoms. The van der Waals surface area contributed by atoms with E-state index >= 15 is 0 Å². The lowest BCUT2D eigenvalue weighted by Gasteiger charge is -2.22. The van der Waals surface area contributed by atoms with Gasteiger partial charge in [0.1, 0.15) is 0 Å². The molecule has 0 aromatic heterocycles. The molecule has 2 radical (unpaired) electrons. The number of rotatable bonds is 5. The van der Waals surface area contributed by atoms with Gasteiger partial charge in [0.2, 0.25) is 0 Å². The molecule has 0 spiro atoms. The first-order valence-electron chi connectivity index (χ1n) is 10.4. The molecule has 0 N–H and O–H groups in total. The molecule has 1 aliphatic rings. The van der Waals surface area contributed by atoms with Gasteiger partial charge in [-0.25, -0.2) is 0 Å². The number of benzene rings is 2. The van der Waals surface area contributed by atoms with E-state index in [0.29, 0.717) is 11.5 Å². The smallest absolute Gasteiger partial charge is 0.0562 e. The molecular formula is C26H34Si. The second-order valence-electron chi connectivity index (χ2n) is 9.34. The van der Waals surface area contributed by atoms with Crippen LogP contribution in [0, 0.1) is 5.92 Å². The van der Waals surface area contributed by atoms with Crippen molar-refractivity contribution < 1.29 is 0 Å². The summed E-state index contributed by atoms with van der Waals surface area (Å²) in [5.74, 6) is 0.607. The van der Waals surface area contributed by atoms with Gasteiger partial charge in [0.05, 0.1) is 9.52 Å². The molecule has 0 amide bonds. The maximum absolute atomic E-state index is 2.51. The number of fused-ring (bicyclic) bond motifs is 1. The zero-order chi connectivity index (χ0) is 19.8. The largest absolute Gasteiger partial charge is 0.0654 e. The van der Waals surface area contributed by atoms with Crippen LogP contribution in [0.4, 0.5) is 0 Å². The van der Waals surface area contributed by atoms with E-state index in [-0.39, 0.29) is 5.41 Å². The molecule has 3 rings (SSSR count). The SMILES string of the molecule is CCC(C)[Si]C1C(C(C)C)=Cc2c(-c3ccc(C(C)(C)C)cc3)cccc21. The Labute approximate surface area is 168 Å². The molecule has 0 aliphatic heterocycles. The minimum absolute atomic E-state index is 0.199. The summed E-state index contributed by atoms with van der Waals surface area (Å²) in [4.78, 5) is 0. The van der Waals surface area contributed by atoms with Gasteiger partial charge in [0, 0.05) is 0 Å². The Morgan fingerprint density at radius 1 is 0.963 bits per heavy atom. The van der Waals surface area contributed by atoms with Crippen molar-refractivity contribution in [3.05, 3.63) is 64.7 Å². The van der Waals surface area contributed by atoms with Gasteiger partial charge in [-0.15, -0.1) is 0 Å². The van der Waals surface area contributed by atoms with Crippen molar-refractivity contribution in [1.82, 2.24) is 0 Å². The highest BCUT2D eigenvalue weighted by Crippen LogP contribution is 2.44. The Morgan fingerprint density at radius 3 is 2.19 bits per heavy atom. The normalized spacial score (nSPS) is 17.8. The molecule has 0 fully saturated rings. The first kappa shape index (κ1) is 20.1. The third-order valence-corrected chi connectivity index (χ3v) is 7.84. The van der Waals surface area contributed by atoms with Gasteiger partial charge < -0.3 is 0 Å². The summed E-state index contributed by atoms with van der Waals surface area (Å²) >= 11 is 0. The highest BCUT2D eigenvalue weighted by molar-refractivity contribution is 6.41. The van der Waals surface area contributed by atoms with Gasteiger partial charge in [0.15, 0.2) is 0 Å². The molecule has 142 valence electrons. The quantitative estimate of drug-likeness (QED) is 0.471. The fraction of sp³-hybridized carbons (Fsp3) is 0.462. The minimum atomic E-state index is 0.199. The Hall–Kier alpha value is -1.60. The van der Waals surface area contributed by atoms with Crippen LogP contribution in [0.25, 0.3) is 17.2 Å². The summed E-state index contributed by atoms with van der Waals surface area (Å²) in [6, 6.07) is 16.1. The van der Waals surface area contributed by atoms with E-state index in [9.17, 15) is 0 Å².